The van der Waals surface area contributed by atoms with Gasteiger partial charge in [0.2, 0.25) is 11.8 Å². The largest absolute Gasteiger partial charge is 0.366 e. The molecule has 4 N–H and O–H groups in total. The number of carbonyl (C=O) groups is 2. The second-order valence-corrected chi connectivity index (χ2v) is 3.90. The van der Waals surface area contributed by atoms with Crippen LogP contribution in [0.1, 0.15) is 26.3 Å². The smallest absolute Gasteiger partial charge is 0.248 e. The number of aryl methyl sites for hydroxylation is 1. The summed E-state index contributed by atoms with van der Waals surface area (Å²) in [5.41, 5.74) is 12.2. The predicted molar refractivity (Wildman–Crippen MR) is 65.7 cm³/mol. The van der Waals surface area contributed by atoms with E-state index >= 15 is 0 Å². The molecule has 4 heteroatoms. The summed E-state index contributed by atoms with van der Waals surface area (Å²) in [5.74, 6) is -0.924. The standard InChI is InChI=1S/C13H12N2O2/c1-7-10-4-3-9(12(14)16)6-8(10)2-5-11(7)13(15)17/h2-6H,1H3,(H2,14,16)(H2,15,17). The predicted octanol–water partition coefficient (Wildman–Crippen LogP) is 1.35. The van der Waals surface area contributed by atoms with Crippen molar-refractivity contribution < 1.29 is 9.59 Å². The summed E-state index contributed by atoms with van der Waals surface area (Å²) in [4.78, 5) is 22.2. The van der Waals surface area contributed by atoms with Gasteiger partial charge in [0, 0.05) is 11.1 Å². The Hall–Kier alpha value is -2.36. The van der Waals surface area contributed by atoms with Gasteiger partial charge in [-0.15, -0.1) is 0 Å². The fourth-order valence-corrected chi connectivity index (χ4v) is 1.91. The maximum absolute atomic E-state index is 11.2. The molecule has 2 amide bonds. The lowest BCUT2D eigenvalue weighted by Gasteiger charge is -2.07. The van der Waals surface area contributed by atoms with Crippen LogP contribution in [-0.4, -0.2) is 11.8 Å². The maximum atomic E-state index is 11.2. The SMILES string of the molecule is Cc1c(C(N)=O)ccc2cc(C(N)=O)ccc12. The molecule has 0 aliphatic heterocycles. The van der Waals surface area contributed by atoms with Crippen LogP contribution in [0.4, 0.5) is 0 Å². The number of carbonyl (C=O) groups excluding carboxylic acids is 2. The highest BCUT2D eigenvalue weighted by molar-refractivity contribution is 6.03. The fraction of sp³-hybridized carbons (Fsp3) is 0.0769. The first-order chi connectivity index (χ1) is 8.00. The van der Waals surface area contributed by atoms with Crippen molar-refractivity contribution in [3.63, 3.8) is 0 Å². The van der Waals surface area contributed by atoms with E-state index in [1.807, 2.05) is 6.92 Å². The third kappa shape index (κ3) is 1.85. The molecule has 17 heavy (non-hydrogen) atoms. The van der Waals surface area contributed by atoms with E-state index in [1.165, 1.54) is 0 Å². The topological polar surface area (TPSA) is 86.2 Å². The second-order valence-electron chi connectivity index (χ2n) is 3.90. The quantitative estimate of drug-likeness (QED) is 0.812. The van der Waals surface area contributed by atoms with E-state index in [2.05, 4.69) is 0 Å². The van der Waals surface area contributed by atoms with E-state index in [4.69, 9.17) is 11.5 Å². The van der Waals surface area contributed by atoms with Crippen molar-refractivity contribution in [3.8, 4) is 0 Å². The van der Waals surface area contributed by atoms with Gasteiger partial charge in [0.05, 0.1) is 0 Å². The number of primary amides is 2. The number of amides is 2. The molecule has 0 aliphatic rings. The summed E-state index contributed by atoms with van der Waals surface area (Å²) in [6.45, 7) is 1.83. The lowest BCUT2D eigenvalue weighted by Crippen LogP contribution is -2.13. The Labute approximate surface area is 98.2 Å². The number of nitrogens with two attached hydrogens (primary N) is 2. The number of hydrogen-bond donors (Lipinski definition) is 2. The zero-order valence-corrected chi connectivity index (χ0v) is 9.36. The van der Waals surface area contributed by atoms with Crippen LogP contribution in [0.25, 0.3) is 10.8 Å². The van der Waals surface area contributed by atoms with Gasteiger partial charge in [-0.2, -0.15) is 0 Å². The van der Waals surface area contributed by atoms with Crippen molar-refractivity contribution in [2.24, 2.45) is 11.5 Å². The van der Waals surface area contributed by atoms with E-state index in [0.29, 0.717) is 11.1 Å². The van der Waals surface area contributed by atoms with E-state index < -0.39 is 11.8 Å². The zero-order valence-electron chi connectivity index (χ0n) is 9.36. The second kappa shape index (κ2) is 3.90. The van der Waals surface area contributed by atoms with Gasteiger partial charge in [-0.1, -0.05) is 12.1 Å². The van der Waals surface area contributed by atoms with Crippen molar-refractivity contribution in [1.29, 1.82) is 0 Å². The third-order valence-corrected chi connectivity index (χ3v) is 2.84. The van der Waals surface area contributed by atoms with E-state index in [9.17, 15) is 9.59 Å². The van der Waals surface area contributed by atoms with Crippen LogP contribution in [0.15, 0.2) is 30.3 Å². The lowest BCUT2D eigenvalue weighted by molar-refractivity contribution is 0.0991. The van der Waals surface area contributed by atoms with Crippen molar-refractivity contribution in [2.75, 3.05) is 0 Å². The van der Waals surface area contributed by atoms with Gasteiger partial charge in [-0.3, -0.25) is 9.59 Å². The first-order valence-corrected chi connectivity index (χ1v) is 5.13. The van der Waals surface area contributed by atoms with Crippen molar-refractivity contribution >= 4 is 22.6 Å². The van der Waals surface area contributed by atoms with Crippen LogP contribution < -0.4 is 11.5 Å². The molecule has 4 nitrogen and oxygen atoms in total. The van der Waals surface area contributed by atoms with Crippen LogP contribution in [0, 0.1) is 6.92 Å². The number of hydrogen-bond acceptors (Lipinski definition) is 2. The molecule has 0 unspecified atom stereocenters. The zero-order chi connectivity index (χ0) is 12.6. The van der Waals surface area contributed by atoms with Crippen LogP contribution in [0.3, 0.4) is 0 Å². The Bertz CT molecular complexity index is 633. The van der Waals surface area contributed by atoms with E-state index in [0.717, 1.165) is 16.3 Å². The third-order valence-electron chi connectivity index (χ3n) is 2.84. The minimum absolute atomic E-state index is 0.448. The first-order valence-electron chi connectivity index (χ1n) is 5.13. The van der Waals surface area contributed by atoms with Crippen molar-refractivity contribution in [3.05, 3.63) is 47.0 Å². The molecule has 0 saturated heterocycles. The Morgan fingerprint density at radius 2 is 1.71 bits per heavy atom. The average Bonchev–Trinajstić information content (AvgIpc) is 2.28. The van der Waals surface area contributed by atoms with Crippen molar-refractivity contribution in [1.82, 2.24) is 0 Å². The molecule has 0 bridgehead atoms. The van der Waals surface area contributed by atoms with Gasteiger partial charge in [-0.25, -0.2) is 0 Å². The molecule has 2 aromatic rings. The first kappa shape index (κ1) is 11.1. The molecule has 0 saturated carbocycles. The number of rotatable bonds is 2. The molecule has 0 atom stereocenters. The Kier molecular flexibility index (Phi) is 2.55. The molecule has 0 radical (unpaired) electrons. The molecule has 0 aliphatic carbocycles. The van der Waals surface area contributed by atoms with Gasteiger partial charge < -0.3 is 11.5 Å². The van der Waals surface area contributed by atoms with E-state index in [1.54, 1.807) is 30.3 Å². The molecule has 86 valence electrons. The number of benzene rings is 2. The molecular formula is C13H12N2O2. The highest BCUT2D eigenvalue weighted by Gasteiger charge is 2.09. The van der Waals surface area contributed by atoms with Gasteiger partial charge >= 0.3 is 0 Å². The maximum Gasteiger partial charge on any atom is 0.248 e. The number of fused-ring (bicyclic) bond motifs is 1. The van der Waals surface area contributed by atoms with Crippen LogP contribution in [-0.2, 0) is 0 Å². The highest BCUT2D eigenvalue weighted by atomic mass is 16.1. The molecule has 2 aromatic carbocycles. The van der Waals surface area contributed by atoms with Crippen LogP contribution >= 0.6 is 0 Å². The molecular weight excluding hydrogens is 216 g/mol. The van der Waals surface area contributed by atoms with E-state index in [-0.39, 0.29) is 0 Å². The van der Waals surface area contributed by atoms with Gasteiger partial charge in [-0.05, 0) is 41.5 Å². The molecule has 2 rings (SSSR count). The van der Waals surface area contributed by atoms with Crippen LogP contribution in [0.2, 0.25) is 0 Å². The Balaban J connectivity index is 2.72. The summed E-state index contributed by atoms with van der Waals surface area (Å²) < 4.78 is 0. The Morgan fingerprint density at radius 3 is 2.29 bits per heavy atom. The van der Waals surface area contributed by atoms with Gasteiger partial charge in [0.1, 0.15) is 0 Å². The average molecular weight is 228 g/mol. The summed E-state index contributed by atoms with van der Waals surface area (Å²) in [5, 5.41) is 1.76. The summed E-state index contributed by atoms with van der Waals surface area (Å²) in [6, 6.07) is 8.54. The normalized spacial score (nSPS) is 10.4. The van der Waals surface area contributed by atoms with Gasteiger partial charge in [0.25, 0.3) is 0 Å². The molecule has 0 spiro atoms. The van der Waals surface area contributed by atoms with Crippen LogP contribution in [0.5, 0.6) is 0 Å². The fourth-order valence-electron chi connectivity index (χ4n) is 1.91. The lowest BCUT2D eigenvalue weighted by atomic mass is 9.98. The Morgan fingerprint density at radius 1 is 1.00 bits per heavy atom. The van der Waals surface area contributed by atoms with Gasteiger partial charge in [0.15, 0.2) is 0 Å². The molecule has 0 fully saturated rings. The monoisotopic (exact) mass is 228 g/mol. The van der Waals surface area contributed by atoms with Crippen molar-refractivity contribution in [2.45, 2.75) is 6.92 Å². The minimum Gasteiger partial charge on any atom is -0.366 e. The molecule has 0 aromatic heterocycles. The summed E-state index contributed by atoms with van der Waals surface area (Å²) in [6.07, 6.45) is 0. The highest BCUT2D eigenvalue weighted by Crippen LogP contribution is 2.22. The summed E-state index contributed by atoms with van der Waals surface area (Å²) in [7, 11) is 0. The minimum atomic E-state index is -0.469. The summed E-state index contributed by atoms with van der Waals surface area (Å²) >= 11 is 0. The molecule has 0 heterocycles.